The normalized spacial score (nSPS) is 20.8. The fraction of sp³-hybridized carbons (Fsp3) is 0.333. The van der Waals surface area contributed by atoms with Crippen molar-refractivity contribution >= 4 is 27.5 Å². The lowest BCUT2D eigenvalue weighted by Crippen LogP contribution is -2.58. The van der Waals surface area contributed by atoms with Gasteiger partial charge in [-0.05, 0) is 31.5 Å². The third-order valence-corrected chi connectivity index (χ3v) is 5.23. The molecule has 1 aliphatic rings. The Morgan fingerprint density at radius 1 is 1.35 bits per heavy atom. The predicted molar refractivity (Wildman–Crippen MR) is 72.1 cm³/mol. The maximum Gasteiger partial charge on any atom is 0.244 e. The fourth-order valence-corrected chi connectivity index (χ4v) is 3.82. The number of benzene rings is 1. The molecule has 3 N–H and O–H groups in total. The van der Waals surface area contributed by atoms with Crippen LogP contribution in [0.1, 0.15) is 12.5 Å². The van der Waals surface area contributed by atoms with E-state index in [1.54, 1.807) is 19.1 Å². The Labute approximate surface area is 116 Å². The second-order valence-corrected chi connectivity index (χ2v) is 6.52. The molecule has 1 saturated heterocycles. The summed E-state index contributed by atoms with van der Waals surface area (Å²) in [6.07, 6.45) is 0. The molecule has 108 valence electrons. The van der Waals surface area contributed by atoms with Gasteiger partial charge in [0.25, 0.3) is 0 Å². The molecule has 1 unspecified atom stereocenters. The number of nitrogens with zero attached hydrogens (tertiary/aromatic N) is 1. The molecule has 1 aromatic rings. The molecular formula is C12H15N3O4S. The molecule has 1 aliphatic heterocycles. The number of rotatable bonds is 2. The van der Waals surface area contributed by atoms with Gasteiger partial charge in [0.2, 0.25) is 21.8 Å². The maximum absolute atomic E-state index is 12.6. The Bertz CT molecular complexity index is 684. The van der Waals surface area contributed by atoms with Gasteiger partial charge in [0, 0.05) is 5.69 Å². The highest BCUT2D eigenvalue weighted by molar-refractivity contribution is 7.89. The van der Waals surface area contributed by atoms with E-state index < -0.39 is 27.9 Å². The van der Waals surface area contributed by atoms with Crippen LogP contribution in [0, 0.1) is 6.92 Å². The number of carbonyl (C=O) groups is 2. The molecule has 1 fully saturated rings. The van der Waals surface area contributed by atoms with Crippen molar-refractivity contribution in [2.24, 2.45) is 0 Å². The molecular weight excluding hydrogens is 282 g/mol. The van der Waals surface area contributed by atoms with Crippen LogP contribution in [0.4, 0.5) is 5.69 Å². The molecule has 0 aromatic heterocycles. The van der Waals surface area contributed by atoms with E-state index in [-0.39, 0.29) is 11.4 Å². The number of hydrogen-bond donors (Lipinski definition) is 2. The van der Waals surface area contributed by atoms with Crippen LogP contribution in [-0.4, -0.2) is 37.1 Å². The first-order valence-corrected chi connectivity index (χ1v) is 7.39. The highest BCUT2D eigenvalue weighted by Gasteiger charge is 2.39. The topological polar surface area (TPSA) is 110 Å². The molecule has 0 bridgehead atoms. The smallest absolute Gasteiger partial charge is 0.244 e. The zero-order valence-corrected chi connectivity index (χ0v) is 11.9. The van der Waals surface area contributed by atoms with Crippen molar-refractivity contribution < 1.29 is 18.0 Å². The van der Waals surface area contributed by atoms with Gasteiger partial charge in [-0.15, -0.1) is 0 Å². The minimum atomic E-state index is -3.96. The Kier molecular flexibility index (Phi) is 3.53. The molecule has 7 nitrogen and oxygen atoms in total. The number of carbonyl (C=O) groups excluding carboxylic acids is 2. The molecule has 2 rings (SSSR count). The van der Waals surface area contributed by atoms with Gasteiger partial charge < -0.3 is 5.73 Å². The Morgan fingerprint density at radius 3 is 2.65 bits per heavy atom. The molecule has 8 heteroatoms. The third kappa shape index (κ3) is 2.39. The van der Waals surface area contributed by atoms with Crippen molar-refractivity contribution in [3.63, 3.8) is 0 Å². The summed E-state index contributed by atoms with van der Waals surface area (Å²) in [6, 6.07) is 3.55. The zero-order valence-electron chi connectivity index (χ0n) is 11.1. The standard InChI is InChI=1S/C12H15N3O4S/c1-7-3-4-9(13)5-10(7)20(18,19)15-6-11(16)14-12(17)8(15)2/h3-5,8H,6,13H2,1-2H3,(H,14,16,17). The Hall–Kier alpha value is -1.93. The molecule has 0 spiro atoms. The molecule has 0 aliphatic carbocycles. The fourth-order valence-electron chi connectivity index (χ4n) is 2.00. The maximum atomic E-state index is 12.6. The van der Waals surface area contributed by atoms with Crippen molar-refractivity contribution in [1.82, 2.24) is 9.62 Å². The highest BCUT2D eigenvalue weighted by atomic mass is 32.2. The number of sulfonamides is 1. The summed E-state index contributed by atoms with van der Waals surface area (Å²) in [7, 11) is -3.96. The van der Waals surface area contributed by atoms with E-state index in [2.05, 4.69) is 5.32 Å². The van der Waals surface area contributed by atoms with Gasteiger partial charge >= 0.3 is 0 Å². The van der Waals surface area contributed by atoms with E-state index in [4.69, 9.17) is 5.73 Å². The van der Waals surface area contributed by atoms with Crippen LogP contribution in [0.5, 0.6) is 0 Å². The largest absolute Gasteiger partial charge is 0.399 e. The zero-order chi connectivity index (χ0) is 15.1. The van der Waals surface area contributed by atoms with E-state index in [9.17, 15) is 18.0 Å². The number of hydrogen-bond acceptors (Lipinski definition) is 5. The summed E-state index contributed by atoms with van der Waals surface area (Å²) in [4.78, 5) is 23.0. The number of amides is 2. The predicted octanol–water partition coefficient (Wildman–Crippen LogP) is -0.387. The van der Waals surface area contributed by atoms with Crippen LogP contribution in [0.25, 0.3) is 0 Å². The van der Waals surface area contributed by atoms with Gasteiger partial charge in [0.15, 0.2) is 0 Å². The molecule has 20 heavy (non-hydrogen) atoms. The number of nitrogens with one attached hydrogen (secondary N) is 1. The lowest BCUT2D eigenvalue weighted by Gasteiger charge is -2.31. The molecule has 1 heterocycles. The lowest BCUT2D eigenvalue weighted by molar-refractivity contribution is -0.136. The number of nitrogen functional groups attached to an aromatic ring is 1. The SMILES string of the molecule is Cc1ccc(N)cc1S(=O)(=O)N1CC(=O)NC(=O)C1C. The molecule has 2 amide bonds. The quantitative estimate of drug-likeness (QED) is 0.571. The Morgan fingerprint density at radius 2 is 2.00 bits per heavy atom. The van der Waals surface area contributed by atoms with Crippen LogP contribution in [0.3, 0.4) is 0 Å². The molecule has 1 aromatic carbocycles. The van der Waals surface area contributed by atoms with Crippen molar-refractivity contribution in [2.75, 3.05) is 12.3 Å². The number of piperazine rings is 1. The summed E-state index contributed by atoms with van der Waals surface area (Å²) in [6.45, 7) is 2.67. The van der Waals surface area contributed by atoms with Crippen molar-refractivity contribution in [3.8, 4) is 0 Å². The summed E-state index contributed by atoms with van der Waals surface area (Å²) >= 11 is 0. The first-order valence-electron chi connectivity index (χ1n) is 5.95. The lowest BCUT2D eigenvalue weighted by atomic mass is 10.2. The summed E-state index contributed by atoms with van der Waals surface area (Å²) in [5.74, 6) is -1.27. The Balaban J connectivity index is 2.51. The van der Waals surface area contributed by atoms with Crippen molar-refractivity contribution in [2.45, 2.75) is 24.8 Å². The number of nitrogens with two attached hydrogens (primary N) is 1. The molecule has 1 atom stereocenters. The average Bonchev–Trinajstić information content (AvgIpc) is 2.36. The van der Waals surface area contributed by atoms with Crippen LogP contribution in [0.15, 0.2) is 23.1 Å². The average molecular weight is 297 g/mol. The van der Waals surface area contributed by atoms with Gasteiger partial charge in [-0.3, -0.25) is 14.9 Å². The third-order valence-electron chi connectivity index (χ3n) is 3.17. The van der Waals surface area contributed by atoms with Crippen LogP contribution >= 0.6 is 0 Å². The minimum absolute atomic E-state index is 0.00634. The molecule has 0 saturated carbocycles. The van der Waals surface area contributed by atoms with Crippen molar-refractivity contribution in [1.29, 1.82) is 0 Å². The second kappa shape index (κ2) is 4.88. The van der Waals surface area contributed by atoms with Crippen LogP contribution in [0.2, 0.25) is 0 Å². The summed E-state index contributed by atoms with van der Waals surface area (Å²) in [5.41, 5.74) is 6.42. The van der Waals surface area contributed by atoms with Gasteiger partial charge in [-0.2, -0.15) is 4.31 Å². The second-order valence-electron chi connectivity index (χ2n) is 4.66. The van der Waals surface area contributed by atoms with E-state index in [1.807, 2.05) is 0 Å². The van der Waals surface area contributed by atoms with Crippen LogP contribution in [-0.2, 0) is 19.6 Å². The number of aryl methyl sites for hydroxylation is 1. The van der Waals surface area contributed by atoms with Crippen molar-refractivity contribution in [3.05, 3.63) is 23.8 Å². The molecule has 0 radical (unpaired) electrons. The van der Waals surface area contributed by atoms with Gasteiger partial charge in [0.1, 0.15) is 6.04 Å². The number of imide groups is 1. The van der Waals surface area contributed by atoms with E-state index in [1.165, 1.54) is 13.0 Å². The first kappa shape index (κ1) is 14.5. The number of anilines is 1. The van der Waals surface area contributed by atoms with E-state index in [0.29, 0.717) is 11.3 Å². The van der Waals surface area contributed by atoms with Gasteiger partial charge in [-0.25, -0.2) is 8.42 Å². The van der Waals surface area contributed by atoms with Gasteiger partial charge in [0.05, 0.1) is 11.4 Å². The van der Waals surface area contributed by atoms with E-state index in [0.717, 1.165) is 4.31 Å². The summed E-state index contributed by atoms with van der Waals surface area (Å²) < 4.78 is 26.1. The van der Waals surface area contributed by atoms with Crippen LogP contribution < -0.4 is 11.1 Å². The minimum Gasteiger partial charge on any atom is -0.399 e. The van der Waals surface area contributed by atoms with Gasteiger partial charge in [-0.1, -0.05) is 6.07 Å². The monoisotopic (exact) mass is 297 g/mol. The highest BCUT2D eigenvalue weighted by Crippen LogP contribution is 2.24. The van der Waals surface area contributed by atoms with E-state index >= 15 is 0 Å². The first-order chi connectivity index (χ1) is 9.23. The summed E-state index contributed by atoms with van der Waals surface area (Å²) in [5, 5.41) is 2.10.